The molecule has 2 unspecified atom stereocenters. The highest BCUT2D eigenvalue weighted by Gasteiger charge is 2.77. The van der Waals surface area contributed by atoms with Gasteiger partial charge in [0.15, 0.2) is 0 Å². The SMILES string of the molecule is C/C=C1/CN2CC[C@@]34c5cc(OC)ccc5N(C(=O)OC(C)(C)C)C23CC[C@@H]1[C@H]4C(=O)OC. The molecule has 3 saturated heterocycles. The number of methoxy groups -OCH3 is 2. The summed E-state index contributed by atoms with van der Waals surface area (Å²) in [6, 6.07) is 5.86. The number of carbonyl (C=O) groups is 2. The molecule has 7 nitrogen and oxygen atoms in total. The molecule has 1 aromatic rings. The quantitative estimate of drug-likeness (QED) is 0.492. The average Bonchev–Trinajstić information content (AvgIpc) is 3.13. The minimum atomic E-state index is -0.676. The second-order valence-corrected chi connectivity index (χ2v) is 10.7. The molecular formula is C26H34N2O5. The summed E-state index contributed by atoms with van der Waals surface area (Å²) in [5.41, 5.74) is 1.16. The molecular weight excluding hydrogens is 420 g/mol. The highest BCUT2D eigenvalue weighted by molar-refractivity contribution is 5.96. The maximum Gasteiger partial charge on any atom is 0.416 e. The van der Waals surface area contributed by atoms with Gasteiger partial charge in [-0.3, -0.25) is 14.6 Å². The monoisotopic (exact) mass is 454 g/mol. The molecule has 178 valence electrons. The van der Waals surface area contributed by atoms with Crippen LogP contribution in [0.2, 0.25) is 0 Å². The molecule has 7 heteroatoms. The van der Waals surface area contributed by atoms with Gasteiger partial charge in [-0.25, -0.2) is 4.79 Å². The van der Waals surface area contributed by atoms with Crippen molar-refractivity contribution in [3.05, 3.63) is 35.4 Å². The zero-order chi connectivity index (χ0) is 23.8. The van der Waals surface area contributed by atoms with E-state index in [0.29, 0.717) is 0 Å². The fourth-order valence-electron chi connectivity index (χ4n) is 7.30. The van der Waals surface area contributed by atoms with Crippen LogP contribution in [0.3, 0.4) is 0 Å². The van der Waals surface area contributed by atoms with Crippen molar-refractivity contribution in [3.63, 3.8) is 0 Å². The Morgan fingerprint density at radius 3 is 2.58 bits per heavy atom. The molecule has 1 amide bonds. The van der Waals surface area contributed by atoms with Crippen molar-refractivity contribution in [2.24, 2.45) is 11.8 Å². The lowest BCUT2D eigenvalue weighted by Gasteiger charge is -2.54. The van der Waals surface area contributed by atoms with E-state index in [1.54, 1.807) is 7.11 Å². The third kappa shape index (κ3) is 2.71. The Balaban J connectivity index is 1.82. The van der Waals surface area contributed by atoms with E-state index in [9.17, 15) is 9.59 Å². The van der Waals surface area contributed by atoms with Gasteiger partial charge in [-0.2, -0.15) is 0 Å². The summed E-state index contributed by atoms with van der Waals surface area (Å²) < 4.78 is 17.0. The average molecular weight is 455 g/mol. The van der Waals surface area contributed by atoms with Gasteiger partial charge in [0.25, 0.3) is 0 Å². The maximum atomic E-state index is 13.9. The van der Waals surface area contributed by atoms with Gasteiger partial charge in [0.1, 0.15) is 17.0 Å². The lowest BCUT2D eigenvalue weighted by atomic mass is 9.54. The zero-order valence-corrected chi connectivity index (χ0v) is 20.4. The Labute approximate surface area is 195 Å². The molecule has 0 aromatic heterocycles. The standard InChI is InChI=1S/C26H34N2O5/c1-7-16-15-27-13-12-25-19-14-17(31-5)8-9-20(19)28(23(30)33-24(2,3)4)26(25,27)11-10-18(16)21(25)22(29)32-6/h7-9,14,18,21H,10-13,15H2,1-6H3/b16-7-/t18-,21-,25-,26?/m0/s1. The third-order valence-electron chi connectivity index (χ3n) is 8.30. The second-order valence-electron chi connectivity index (χ2n) is 10.7. The fraction of sp³-hybridized carbons (Fsp3) is 0.615. The van der Waals surface area contributed by atoms with Crippen molar-refractivity contribution in [1.29, 1.82) is 0 Å². The minimum absolute atomic E-state index is 0.0820. The van der Waals surface area contributed by atoms with Gasteiger partial charge >= 0.3 is 12.1 Å². The maximum absolute atomic E-state index is 13.9. The summed E-state index contributed by atoms with van der Waals surface area (Å²) in [4.78, 5) is 31.7. The normalized spacial score (nSPS) is 35.2. The fourth-order valence-corrected chi connectivity index (χ4v) is 7.30. The Hall–Kier alpha value is -2.54. The minimum Gasteiger partial charge on any atom is -0.497 e. The Bertz CT molecular complexity index is 1040. The summed E-state index contributed by atoms with van der Waals surface area (Å²) in [5, 5.41) is 0. The van der Waals surface area contributed by atoms with Gasteiger partial charge in [0.2, 0.25) is 0 Å². The highest BCUT2D eigenvalue weighted by atomic mass is 16.6. The summed E-state index contributed by atoms with van der Waals surface area (Å²) in [6.07, 6.45) is 4.16. The molecule has 1 saturated carbocycles. The first-order chi connectivity index (χ1) is 15.6. The van der Waals surface area contributed by atoms with Gasteiger partial charge in [-0.1, -0.05) is 11.6 Å². The molecule has 5 aliphatic rings. The number of esters is 1. The first-order valence-corrected chi connectivity index (χ1v) is 11.8. The van der Waals surface area contributed by atoms with Crippen molar-refractivity contribution in [1.82, 2.24) is 4.90 Å². The first kappa shape index (κ1) is 22.3. The second kappa shape index (κ2) is 7.23. The molecule has 4 aliphatic heterocycles. The molecule has 33 heavy (non-hydrogen) atoms. The third-order valence-corrected chi connectivity index (χ3v) is 8.30. The number of hydrogen-bond acceptors (Lipinski definition) is 6. The van der Waals surface area contributed by atoms with Crippen LogP contribution in [-0.2, 0) is 19.7 Å². The van der Waals surface area contributed by atoms with Crippen molar-refractivity contribution in [3.8, 4) is 5.75 Å². The van der Waals surface area contributed by atoms with Crippen LogP contribution in [-0.4, -0.2) is 55.5 Å². The number of rotatable bonds is 2. The molecule has 6 rings (SSSR count). The van der Waals surface area contributed by atoms with E-state index in [4.69, 9.17) is 14.2 Å². The van der Waals surface area contributed by atoms with E-state index in [-0.39, 0.29) is 23.9 Å². The van der Waals surface area contributed by atoms with Crippen molar-refractivity contribution in [2.45, 2.75) is 63.6 Å². The van der Waals surface area contributed by atoms with E-state index in [0.717, 1.165) is 49.4 Å². The Morgan fingerprint density at radius 1 is 1.18 bits per heavy atom. The van der Waals surface area contributed by atoms with E-state index in [1.165, 1.54) is 12.7 Å². The van der Waals surface area contributed by atoms with E-state index >= 15 is 0 Å². The predicted molar refractivity (Wildman–Crippen MR) is 124 cm³/mol. The topological polar surface area (TPSA) is 68.3 Å². The van der Waals surface area contributed by atoms with Gasteiger partial charge in [0.05, 0.1) is 31.2 Å². The number of nitrogens with zero attached hydrogens (tertiary/aromatic N) is 2. The number of amides is 1. The number of benzene rings is 1. The summed E-state index contributed by atoms with van der Waals surface area (Å²) in [6.45, 7) is 9.24. The first-order valence-electron chi connectivity index (χ1n) is 11.8. The van der Waals surface area contributed by atoms with Crippen LogP contribution in [0.1, 0.15) is 52.5 Å². The molecule has 1 spiro atoms. The van der Waals surface area contributed by atoms with Crippen molar-refractivity contribution in [2.75, 3.05) is 32.2 Å². The van der Waals surface area contributed by atoms with E-state index < -0.39 is 16.7 Å². The largest absolute Gasteiger partial charge is 0.497 e. The molecule has 4 bridgehead atoms. The molecule has 0 N–H and O–H groups in total. The smallest absolute Gasteiger partial charge is 0.416 e. The Kier molecular flexibility index (Phi) is 4.88. The summed E-state index contributed by atoms with van der Waals surface area (Å²) in [7, 11) is 3.12. The lowest BCUT2D eigenvalue weighted by molar-refractivity contribution is -0.154. The molecule has 4 heterocycles. The van der Waals surface area contributed by atoms with Gasteiger partial charge < -0.3 is 14.2 Å². The molecule has 1 aromatic carbocycles. The predicted octanol–water partition coefficient (Wildman–Crippen LogP) is 4.25. The highest BCUT2D eigenvalue weighted by Crippen LogP contribution is 2.70. The van der Waals surface area contributed by atoms with E-state index in [2.05, 4.69) is 11.0 Å². The summed E-state index contributed by atoms with van der Waals surface area (Å²) in [5.74, 6) is 0.219. The number of allylic oxidation sites excluding steroid dienone is 1. The molecule has 1 aliphatic carbocycles. The molecule has 5 atom stereocenters. The van der Waals surface area contributed by atoms with Crippen LogP contribution in [0, 0.1) is 11.8 Å². The van der Waals surface area contributed by atoms with E-state index in [1.807, 2.05) is 50.8 Å². The Morgan fingerprint density at radius 2 is 1.94 bits per heavy atom. The van der Waals surface area contributed by atoms with Crippen LogP contribution >= 0.6 is 0 Å². The lowest BCUT2D eigenvalue weighted by Crippen LogP contribution is -2.68. The van der Waals surface area contributed by atoms with Gasteiger partial charge in [0, 0.05) is 13.1 Å². The van der Waals surface area contributed by atoms with Crippen LogP contribution in [0.25, 0.3) is 0 Å². The van der Waals surface area contributed by atoms with Crippen LogP contribution < -0.4 is 9.64 Å². The number of carbonyl (C=O) groups excluding carboxylic acids is 2. The van der Waals surface area contributed by atoms with Crippen LogP contribution in [0.15, 0.2) is 29.8 Å². The van der Waals surface area contributed by atoms with Crippen molar-refractivity contribution >= 4 is 17.7 Å². The van der Waals surface area contributed by atoms with Crippen LogP contribution in [0.5, 0.6) is 5.75 Å². The summed E-state index contributed by atoms with van der Waals surface area (Å²) >= 11 is 0. The van der Waals surface area contributed by atoms with Crippen LogP contribution in [0.4, 0.5) is 10.5 Å². The zero-order valence-electron chi connectivity index (χ0n) is 20.4. The number of anilines is 1. The number of hydrogen-bond donors (Lipinski definition) is 0. The molecule has 0 radical (unpaired) electrons. The number of ether oxygens (including phenoxy) is 3. The number of fused-ring (bicyclic) bond motifs is 3. The van der Waals surface area contributed by atoms with Gasteiger partial charge in [-0.05, 0) is 76.6 Å². The van der Waals surface area contributed by atoms with Crippen molar-refractivity contribution < 1.29 is 23.8 Å². The molecule has 4 fully saturated rings. The van der Waals surface area contributed by atoms with Gasteiger partial charge in [-0.15, -0.1) is 0 Å².